The molecule has 1 heterocycles. The second kappa shape index (κ2) is 8.84. The summed E-state index contributed by atoms with van der Waals surface area (Å²) in [4.78, 5) is 12.4. The van der Waals surface area contributed by atoms with Gasteiger partial charge in [0.25, 0.3) is 5.91 Å². The van der Waals surface area contributed by atoms with E-state index < -0.39 is 5.91 Å². The van der Waals surface area contributed by atoms with Crippen molar-refractivity contribution in [1.82, 2.24) is 9.99 Å². The first-order valence-corrected chi connectivity index (χ1v) is 9.52. The average molecular weight is 412 g/mol. The lowest BCUT2D eigenvalue weighted by Crippen LogP contribution is -2.18. The van der Waals surface area contributed by atoms with Crippen LogP contribution in [-0.2, 0) is 0 Å². The Kier molecular flexibility index (Phi) is 6.24. The standard InChI is InChI=1S/C22H22ClN3O3/c1-4-29-21-11-16(7-10-20(21)27)13-24-25-22(28)18-9-8-17(12-19(18)23)26-14(2)5-6-15(26)3/h5-13,27H,4H2,1-3H3,(H,25,28)/b24-13-. The Bertz CT molecular complexity index is 1050. The number of aromatic nitrogens is 1. The van der Waals surface area contributed by atoms with Crippen molar-refractivity contribution in [3.63, 3.8) is 0 Å². The van der Waals surface area contributed by atoms with Crippen molar-refractivity contribution < 1.29 is 14.6 Å². The first-order valence-electron chi connectivity index (χ1n) is 9.14. The molecule has 2 N–H and O–H groups in total. The molecule has 0 radical (unpaired) electrons. The third-order valence-electron chi connectivity index (χ3n) is 4.39. The number of phenolic OH excluding ortho intramolecular Hbond substituents is 1. The highest BCUT2D eigenvalue weighted by atomic mass is 35.5. The van der Waals surface area contributed by atoms with Crippen LogP contribution in [0.15, 0.2) is 53.6 Å². The Hall–Kier alpha value is -3.25. The van der Waals surface area contributed by atoms with Crippen LogP contribution in [0.4, 0.5) is 0 Å². The highest BCUT2D eigenvalue weighted by molar-refractivity contribution is 6.34. The van der Waals surface area contributed by atoms with Gasteiger partial charge in [-0.2, -0.15) is 5.10 Å². The van der Waals surface area contributed by atoms with E-state index in [0.717, 1.165) is 17.1 Å². The molecule has 0 aliphatic rings. The zero-order valence-corrected chi connectivity index (χ0v) is 17.2. The van der Waals surface area contributed by atoms with Gasteiger partial charge in [0.2, 0.25) is 0 Å². The van der Waals surface area contributed by atoms with Crippen LogP contribution < -0.4 is 10.2 Å². The van der Waals surface area contributed by atoms with Gasteiger partial charge in [0, 0.05) is 17.1 Å². The van der Waals surface area contributed by atoms with Crippen LogP contribution in [0.1, 0.15) is 34.2 Å². The maximum Gasteiger partial charge on any atom is 0.272 e. The quantitative estimate of drug-likeness (QED) is 0.459. The Labute approximate surface area is 174 Å². The number of aromatic hydroxyl groups is 1. The Morgan fingerprint density at radius 1 is 1.17 bits per heavy atom. The summed E-state index contributed by atoms with van der Waals surface area (Å²) in [6.45, 7) is 6.28. The van der Waals surface area contributed by atoms with Crippen molar-refractivity contribution in [2.75, 3.05) is 6.61 Å². The van der Waals surface area contributed by atoms with E-state index >= 15 is 0 Å². The topological polar surface area (TPSA) is 75.8 Å². The molecule has 7 heteroatoms. The highest BCUT2D eigenvalue weighted by Gasteiger charge is 2.12. The van der Waals surface area contributed by atoms with E-state index in [-0.39, 0.29) is 5.75 Å². The molecule has 3 aromatic rings. The van der Waals surface area contributed by atoms with Crippen LogP contribution in [0, 0.1) is 13.8 Å². The fraction of sp³-hybridized carbons (Fsp3) is 0.182. The van der Waals surface area contributed by atoms with Crippen LogP contribution in [-0.4, -0.2) is 28.4 Å². The van der Waals surface area contributed by atoms with Crippen LogP contribution in [0.2, 0.25) is 5.02 Å². The third-order valence-corrected chi connectivity index (χ3v) is 4.70. The summed E-state index contributed by atoms with van der Waals surface area (Å²) in [5, 5.41) is 14.0. The monoisotopic (exact) mass is 411 g/mol. The van der Waals surface area contributed by atoms with E-state index in [0.29, 0.717) is 28.5 Å². The first kappa shape index (κ1) is 20.5. The van der Waals surface area contributed by atoms with Gasteiger partial charge < -0.3 is 14.4 Å². The lowest BCUT2D eigenvalue weighted by atomic mass is 10.2. The summed E-state index contributed by atoms with van der Waals surface area (Å²) < 4.78 is 7.39. The van der Waals surface area contributed by atoms with Gasteiger partial charge in [0.1, 0.15) is 0 Å². The van der Waals surface area contributed by atoms with Gasteiger partial charge >= 0.3 is 0 Å². The molecule has 1 amide bonds. The number of nitrogens with zero attached hydrogens (tertiary/aromatic N) is 2. The zero-order chi connectivity index (χ0) is 21.0. The fourth-order valence-electron chi connectivity index (χ4n) is 3.01. The minimum Gasteiger partial charge on any atom is -0.504 e. The minimum absolute atomic E-state index is 0.0491. The summed E-state index contributed by atoms with van der Waals surface area (Å²) in [7, 11) is 0. The van der Waals surface area contributed by atoms with E-state index in [1.807, 2.05) is 39.0 Å². The molecule has 0 spiro atoms. The molecule has 0 saturated carbocycles. The van der Waals surface area contributed by atoms with Gasteiger partial charge in [0.15, 0.2) is 11.5 Å². The molecule has 29 heavy (non-hydrogen) atoms. The number of amides is 1. The van der Waals surface area contributed by atoms with Gasteiger partial charge in [-0.05, 0) is 74.9 Å². The maximum atomic E-state index is 12.4. The summed E-state index contributed by atoms with van der Waals surface area (Å²) in [5.74, 6) is -0.00681. The lowest BCUT2D eigenvalue weighted by molar-refractivity contribution is 0.0955. The Morgan fingerprint density at radius 3 is 2.55 bits per heavy atom. The second-order valence-corrected chi connectivity index (χ2v) is 6.88. The number of rotatable bonds is 6. The van der Waals surface area contributed by atoms with E-state index in [1.165, 1.54) is 12.3 Å². The smallest absolute Gasteiger partial charge is 0.272 e. The normalized spacial score (nSPS) is 11.0. The van der Waals surface area contributed by atoms with E-state index in [1.54, 1.807) is 24.3 Å². The van der Waals surface area contributed by atoms with Crippen molar-refractivity contribution >= 4 is 23.7 Å². The first-order chi connectivity index (χ1) is 13.9. The van der Waals surface area contributed by atoms with Crippen molar-refractivity contribution in [2.45, 2.75) is 20.8 Å². The van der Waals surface area contributed by atoms with Crippen molar-refractivity contribution in [3.8, 4) is 17.2 Å². The molecule has 0 unspecified atom stereocenters. The molecule has 0 bridgehead atoms. The molecular weight excluding hydrogens is 390 g/mol. The molecule has 1 aromatic heterocycles. The second-order valence-electron chi connectivity index (χ2n) is 6.47. The molecule has 0 saturated heterocycles. The molecule has 6 nitrogen and oxygen atoms in total. The molecule has 0 atom stereocenters. The highest BCUT2D eigenvalue weighted by Crippen LogP contribution is 2.26. The number of nitrogens with one attached hydrogen (secondary N) is 1. The van der Waals surface area contributed by atoms with Crippen molar-refractivity contribution in [3.05, 3.63) is 76.1 Å². The average Bonchev–Trinajstić information content (AvgIpc) is 3.02. The minimum atomic E-state index is -0.414. The molecule has 2 aromatic carbocycles. The van der Waals surface area contributed by atoms with E-state index in [2.05, 4.69) is 15.1 Å². The number of phenols is 1. The number of hydrogen-bond acceptors (Lipinski definition) is 4. The molecule has 3 rings (SSSR count). The summed E-state index contributed by atoms with van der Waals surface area (Å²) >= 11 is 6.34. The van der Waals surface area contributed by atoms with Crippen LogP contribution >= 0.6 is 11.6 Å². The molecule has 0 fully saturated rings. The molecule has 150 valence electrons. The van der Waals surface area contributed by atoms with Crippen molar-refractivity contribution in [1.29, 1.82) is 0 Å². The SMILES string of the molecule is CCOc1cc(/C=N\NC(=O)c2ccc(-n3c(C)ccc3C)cc2Cl)ccc1O. The number of benzene rings is 2. The molecule has 0 aliphatic carbocycles. The molecule has 0 aliphatic heterocycles. The van der Waals surface area contributed by atoms with Crippen LogP contribution in [0.5, 0.6) is 11.5 Å². The maximum absolute atomic E-state index is 12.4. The van der Waals surface area contributed by atoms with E-state index in [4.69, 9.17) is 16.3 Å². The van der Waals surface area contributed by atoms with Crippen molar-refractivity contribution in [2.24, 2.45) is 5.10 Å². The van der Waals surface area contributed by atoms with Gasteiger partial charge in [-0.25, -0.2) is 5.43 Å². The summed E-state index contributed by atoms with van der Waals surface area (Å²) in [6, 6.07) is 14.1. The largest absolute Gasteiger partial charge is 0.504 e. The lowest BCUT2D eigenvalue weighted by Gasteiger charge is -2.11. The third kappa shape index (κ3) is 4.60. The van der Waals surface area contributed by atoms with Crippen LogP contribution in [0.3, 0.4) is 0 Å². The number of aryl methyl sites for hydroxylation is 2. The van der Waals surface area contributed by atoms with Gasteiger partial charge in [-0.1, -0.05) is 11.6 Å². The number of hydrogen-bond donors (Lipinski definition) is 2. The van der Waals surface area contributed by atoms with Gasteiger partial charge in [0.05, 0.1) is 23.4 Å². The van der Waals surface area contributed by atoms with Gasteiger partial charge in [-0.3, -0.25) is 4.79 Å². The Balaban J connectivity index is 1.73. The van der Waals surface area contributed by atoms with Crippen LogP contribution in [0.25, 0.3) is 5.69 Å². The number of hydrazone groups is 1. The number of carbonyl (C=O) groups excluding carboxylic acids is 1. The number of ether oxygens (including phenoxy) is 1. The summed E-state index contributed by atoms with van der Waals surface area (Å²) in [6.07, 6.45) is 1.47. The fourth-order valence-corrected chi connectivity index (χ4v) is 3.27. The van der Waals surface area contributed by atoms with E-state index in [9.17, 15) is 9.90 Å². The number of halogens is 1. The zero-order valence-electron chi connectivity index (χ0n) is 16.4. The predicted molar refractivity (Wildman–Crippen MR) is 115 cm³/mol. The summed E-state index contributed by atoms with van der Waals surface area (Å²) in [5.41, 5.74) is 6.53. The number of carbonyl (C=O) groups is 1. The molecular formula is C22H22ClN3O3. The Morgan fingerprint density at radius 2 is 1.90 bits per heavy atom. The van der Waals surface area contributed by atoms with Gasteiger partial charge in [-0.15, -0.1) is 0 Å². The predicted octanol–water partition coefficient (Wildman–Crippen LogP) is 4.62.